The number of benzene rings is 1. The smallest absolute Gasteiger partial charge is 0.310 e. The predicted octanol–water partition coefficient (Wildman–Crippen LogP) is 3.77. The summed E-state index contributed by atoms with van der Waals surface area (Å²) < 4.78 is 3.73. The van der Waals surface area contributed by atoms with E-state index in [9.17, 15) is 4.79 Å². The van der Waals surface area contributed by atoms with Crippen LogP contribution in [0.1, 0.15) is 19.9 Å². The molecule has 0 spiro atoms. The molecule has 0 atom stereocenters. The van der Waals surface area contributed by atoms with Crippen molar-refractivity contribution in [3.63, 3.8) is 0 Å². The molecule has 1 aliphatic heterocycles. The standard InChI is InChI=1S/C23H24N8O/c1-16(2)31-15-24-27-22(31)20-8-5-9-21(26-20)30-11-10-29(23(30)32)19-7-4-6-17(12-19)18-13-25-28(3)14-18/h4-9,12-16H,10-11H2,1-3H3. The van der Waals surface area contributed by atoms with Crippen LogP contribution in [0.25, 0.3) is 22.6 Å². The van der Waals surface area contributed by atoms with E-state index < -0.39 is 0 Å². The lowest BCUT2D eigenvalue weighted by Crippen LogP contribution is -2.32. The Balaban J connectivity index is 1.41. The summed E-state index contributed by atoms with van der Waals surface area (Å²) in [7, 11) is 1.89. The lowest BCUT2D eigenvalue weighted by Gasteiger charge is -2.19. The van der Waals surface area contributed by atoms with Crippen molar-refractivity contribution in [3.05, 3.63) is 61.2 Å². The number of hydrogen-bond acceptors (Lipinski definition) is 5. The SMILES string of the molecule is CC(C)n1cnnc1-c1cccc(N2CCN(c3cccc(-c4cnn(C)c4)c3)C2=O)n1. The van der Waals surface area contributed by atoms with Crippen LogP contribution in [-0.2, 0) is 7.05 Å². The van der Waals surface area contributed by atoms with Crippen LogP contribution < -0.4 is 9.80 Å². The molecule has 0 bridgehead atoms. The molecule has 9 nitrogen and oxygen atoms in total. The zero-order chi connectivity index (χ0) is 22.2. The van der Waals surface area contributed by atoms with E-state index in [1.54, 1.807) is 20.8 Å². The average molecular weight is 429 g/mol. The van der Waals surface area contributed by atoms with Gasteiger partial charge in [-0.15, -0.1) is 10.2 Å². The third-order valence-electron chi connectivity index (χ3n) is 5.57. The second kappa shape index (κ2) is 7.92. The van der Waals surface area contributed by atoms with Gasteiger partial charge in [-0.1, -0.05) is 18.2 Å². The number of rotatable bonds is 5. The van der Waals surface area contributed by atoms with Gasteiger partial charge in [-0.25, -0.2) is 9.78 Å². The maximum atomic E-state index is 13.3. The van der Waals surface area contributed by atoms with Crippen molar-refractivity contribution in [2.45, 2.75) is 19.9 Å². The molecule has 0 radical (unpaired) electrons. The number of nitrogens with zero attached hydrogens (tertiary/aromatic N) is 8. The molecular formula is C23H24N8O. The Kier molecular flexibility index (Phi) is 4.93. The fourth-order valence-electron chi connectivity index (χ4n) is 3.91. The lowest BCUT2D eigenvalue weighted by molar-refractivity contribution is 0.255. The molecule has 5 rings (SSSR count). The molecule has 162 valence electrons. The summed E-state index contributed by atoms with van der Waals surface area (Å²) in [6.45, 7) is 5.28. The van der Waals surface area contributed by atoms with Crippen molar-refractivity contribution < 1.29 is 4.79 Å². The second-order valence-corrected chi connectivity index (χ2v) is 8.08. The Morgan fingerprint density at radius 3 is 2.59 bits per heavy atom. The topological polar surface area (TPSA) is 85.0 Å². The van der Waals surface area contributed by atoms with Crippen LogP contribution in [0.15, 0.2) is 61.2 Å². The number of urea groups is 1. The van der Waals surface area contributed by atoms with Gasteiger partial charge >= 0.3 is 6.03 Å². The van der Waals surface area contributed by atoms with E-state index in [-0.39, 0.29) is 12.1 Å². The van der Waals surface area contributed by atoms with Crippen LogP contribution >= 0.6 is 0 Å². The zero-order valence-corrected chi connectivity index (χ0v) is 18.3. The summed E-state index contributed by atoms with van der Waals surface area (Å²) in [6, 6.07) is 13.7. The Morgan fingerprint density at radius 2 is 1.81 bits per heavy atom. The Labute approximate surface area is 185 Å². The second-order valence-electron chi connectivity index (χ2n) is 8.08. The maximum absolute atomic E-state index is 13.3. The molecule has 0 unspecified atom stereocenters. The summed E-state index contributed by atoms with van der Waals surface area (Å²) in [5, 5.41) is 12.5. The quantitative estimate of drug-likeness (QED) is 0.483. The minimum Gasteiger partial charge on any atom is -0.310 e. The van der Waals surface area contributed by atoms with Gasteiger partial charge < -0.3 is 4.57 Å². The molecule has 0 aliphatic carbocycles. The number of anilines is 2. The van der Waals surface area contributed by atoms with Gasteiger partial charge in [0.15, 0.2) is 5.82 Å². The highest BCUT2D eigenvalue weighted by Gasteiger charge is 2.32. The molecule has 3 aromatic heterocycles. The van der Waals surface area contributed by atoms with E-state index in [0.717, 1.165) is 16.8 Å². The Hall–Kier alpha value is -4.01. The highest BCUT2D eigenvalue weighted by Crippen LogP contribution is 2.29. The zero-order valence-electron chi connectivity index (χ0n) is 18.3. The summed E-state index contributed by atoms with van der Waals surface area (Å²) in [5.41, 5.74) is 3.59. The molecule has 1 saturated heterocycles. The van der Waals surface area contributed by atoms with Crippen LogP contribution in [-0.4, -0.2) is 48.6 Å². The number of amides is 2. The van der Waals surface area contributed by atoms with E-state index >= 15 is 0 Å². The number of carbonyl (C=O) groups excluding carboxylic acids is 1. The van der Waals surface area contributed by atoms with Crippen LogP contribution in [0.5, 0.6) is 0 Å². The van der Waals surface area contributed by atoms with Gasteiger partial charge in [-0.05, 0) is 43.7 Å². The van der Waals surface area contributed by atoms with Crippen LogP contribution in [0.2, 0.25) is 0 Å². The van der Waals surface area contributed by atoms with Crippen molar-refractivity contribution >= 4 is 17.5 Å². The summed E-state index contributed by atoms with van der Waals surface area (Å²) in [5.74, 6) is 1.30. The summed E-state index contributed by atoms with van der Waals surface area (Å²) in [6.07, 6.45) is 5.48. The highest BCUT2D eigenvalue weighted by molar-refractivity contribution is 6.05. The maximum Gasteiger partial charge on any atom is 0.330 e. The lowest BCUT2D eigenvalue weighted by atomic mass is 10.1. The first-order chi connectivity index (χ1) is 15.5. The fraction of sp³-hybridized carbons (Fsp3) is 0.261. The van der Waals surface area contributed by atoms with Gasteiger partial charge in [0.25, 0.3) is 0 Å². The first kappa shape index (κ1) is 19.9. The van der Waals surface area contributed by atoms with Gasteiger partial charge in [0.1, 0.15) is 17.8 Å². The fourth-order valence-corrected chi connectivity index (χ4v) is 3.91. The molecule has 4 heterocycles. The number of aromatic nitrogens is 6. The van der Waals surface area contributed by atoms with E-state index in [2.05, 4.69) is 29.1 Å². The van der Waals surface area contributed by atoms with Crippen molar-refractivity contribution in [1.82, 2.24) is 29.5 Å². The van der Waals surface area contributed by atoms with Crippen LogP contribution in [0, 0.1) is 0 Å². The summed E-state index contributed by atoms with van der Waals surface area (Å²) >= 11 is 0. The van der Waals surface area contributed by atoms with E-state index in [1.807, 2.05) is 66.5 Å². The Bertz CT molecular complexity index is 1270. The molecule has 0 N–H and O–H groups in total. The average Bonchev–Trinajstić information content (AvgIpc) is 3.53. The molecule has 2 amide bonds. The number of hydrogen-bond donors (Lipinski definition) is 0. The summed E-state index contributed by atoms with van der Waals surface area (Å²) in [4.78, 5) is 21.5. The van der Waals surface area contributed by atoms with Gasteiger partial charge in [0.05, 0.1) is 6.20 Å². The monoisotopic (exact) mass is 428 g/mol. The molecule has 1 fully saturated rings. The first-order valence-electron chi connectivity index (χ1n) is 10.6. The van der Waals surface area contributed by atoms with Gasteiger partial charge in [-0.3, -0.25) is 14.5 Å². The van der Waals surface area contributed by atoms with E-state index in [4.69, 9.17) is 4.98 Å². The van der Waals surface area contributed by atoms with Crippen molar-refractivity contribution in [2.24, 2.45) is 7.05 Å². The number of pyridine rings is 1. The molecule has 9 heteroatoms. The van der Waals surface area contributed by atoms with Gasteiger partial charge in [0, 0.05) is 43.6 Å². The van der Waals surface area contributed by atoms with Crippen molar-refractivity contribution in [3.8, 4) is 22.6 Å². The Morgan fingerprint density at radius 1 is 1.00 bits per heavy atom. The van der Waals surface area contributed by atoms with E-state index in [0.29, 0.717) is 30.4 Å². The number of carbonyl (C=O) groups is 1. The highest BCUT2D eigenvalue weighted by atomic mass is 16.2. The molecule has 1 aliphatic rings. The predicted molar refractivity (Wildman–Crippen MR) is 122 cm³/mol. The number of aryl methyl sites for hydroxylation is 1. The van der Waals surface area contributed by atoms with Gasteiger partial charge in [0.2, 0.25) is 0 Å². The third-order valence-corrected chi connectivity index (χ3v) is 5.57. The van der Waals surface area contributed by atoms with Crippen LogP contribution in [0.3, 0.4) is 0 Å². The minimum atomic E-state index is -0.0942. The minimum absolute atomic E-state index is 0.0942. The normalized spacial score (nSPS) is 14.1. The largest absolute Gasteiger partial charge is 0.330 e. The van der Waals surface area contributed by atoms with Gasteiger partial charge in [-0.2, -0.15) is 5.10 Å². The third kappa shape index (κ3) is 3.51. The molecule has 32 heavy (non-hydrogen) atoms. The van der Waals surface area contributed by atoms with Crippen molar-refractivity contribution in [2.75, 3.05) is 22.9 Å². The van der Waals surface area contributed by atoms with Crippen LogP contribution in [0.4, 0.5) is 16.3 Å². The molecule has 4 aromatic rings. The molecular weight excluding hydrogens is 404 g/mol. The van der Waals surface area contributed by atoms with E-state index in [1.165, 1.54) is 0 Å². The molecule has 0 saturated carbocycles. The first-order valence-corrected chi connectivity index (χ1v) is 10.6. The molecule has 1 aromatic carbocycles. The van der Waals surface area contributed by atoms with Crippen molar-refractivity contribution in [1.29, 1.82) is 0 Å².